The van der Waals surface area contributed by atoms with Gasteiger partial charge in [-0.1, -0.05) is 0 Å². The number of likely N-dealkylation sites (tertiary alicyclic amines) is 1. The van der Waals surface area contributed by atoms with Crippen molar-refractivity contribution in [3.05, 3.63) is 57.4 Å². The lowest BCUT2D eigenvalue weighted by Gasteiger charge is -2.32. The van der Waals surface area contributed by atoms with Crippen LogP contribution < -0.4 is 5.56 Å². The number of fused-ring (bicyclic) bond motifs is 1. The van der Waals surface area contributed by atoms with E-state index in [1.54, 1.807) is 16.6 Å². The van der Waals surface area contributed by atoms with Gasteiger partial charge in [0.25, 0.3) is 11.5 Å². The zero-order chi connectivity index (χ0) is 21.6. The maximum Gasteiger partial charge on any atom is 0.433 e. The fourth-order valence-electron chi connectivity index (χ4n) is 3.83. The van der Waals surface area contributed by atoms with Gasteiger partial charge in [0.2, 0.25) is 0 Å². The maximum atomic E-state index is 13.0. The zero-order valence-electron chi connectivity index (χ0n) is 16.5. The molecule has 4 heterocycles. The average molecular weight is 419 g/mol. The molecule has 1 N–H and O–H groups in total. The van der Waals surface area contributed by atoms with E-state index in [9.17, 15) is 22.8 Å². The van der Waals surface area contributed by atoms with E-state index >= 15 is 0 Å². The predicted octanol–water partition coefficient (Wildman–Crippen LogP) is 3.00. The Morgan fingerprint density at radius 3 is 2.73 bits per heavy atom. The van der Waals surface area contributed by atoms with Crippen LogP contribution in [0, 0.1) is 6.92 Å². The molecule has 1 aliphatic rings. The summed E-state index contributed by atoms with van der Waals surface area (Å²) in [6, 6.07) is 3.42. The number of piperidine rings is 1. The molecule has 1 unspecified atom stereocenters. The van der Waals surface area contributed by atoms with Crippen LogP contribution in [0.15, 0.2) is 29.2 Å². The molecule has 1 fully saturated rings. The van der Waals surface area contributed by atoms with E-state index in [2.05, 4.69) is 15.1 Å². The van der Waals surface area contributed by atoms with Crippen molar-refractivity contribution in [1.82, 2.24) is 24.6 Å². The third-order valence-electron chi connectivity index (χ3n) is 5.62. The Morgan fingerprint density at radius 2 is 2.07 bits per heavy atom. The molecule has 7 nitrogen and oxygen atoms in total. The number of rotatable bonds is 2. The van der Waals surface area contributed by atoms with Crippen LogP contribution in [0.1, 0.15) is 46.2 Å². The molecular formula is C20H20F3N5O2. The Labute approximate surface area is 169 Å². The molecule has 30 heavy (non-hydrogen) atoms. The molecule has 1 saturated heterocycles. The van der Waals surface area contributed by atoms with E-state index in [-0.39, 0.29) is 22.7 Å². The Kier molecular flexibility index (Phi) is 4.87. The number of carbonyl (C=O) groups is 1. The first-order valence-electron chi connectivity index (χ1n) is 9.54. The summed E-state index contributed by atoms with van der Waals surface area (Å²) in [4.78, 5) is 33.4. The highest BCUT2D eigenvalue weighted by molar-refractivity contribution is 5.95. The summed E-state index contributed by atoms with van der Waals surface area (Å²) < 4.78 is 40.6. The molecule has 10 heteroatoms. The van der Waals surface area contributed by atoms with Crippen LogP contribution in [0.5, 0.6) is 0 Å². The number of aromatic amines is 1. The van der Waals surface area contributed by atoms with Crippen molar-refractivity contribution in [1.29, 1.82) is 0 Å². The number of amides is 1. The van der Waals surface area contributed by atoms with Gasteiger partial charge in [-0.05, 0) is 38.0 Å². The number of alkyl halides is 3. The Morgan fingerprint density at radius 1 is 1.30 bits per heavy atom. The van der Waals surface area contributed by atoms with Crippen LogP contribution in [-0.2, 0) is 13.2 Å². The highest BCUT2D eigenvalue weighted by Crippen LogP contribution is 2.30. The minimum atomic E-state index is -4.59. The van der Waals surface area contributed by atoms with Crippen LogP contribution in [0.25, 0.3) is 10.9 Å². The maximum absolute atomic E-state index is 13.0. The number of aryl methyl sites for hydroxylation is 1. The van der Waals surface area contributed by atoms with Gasteiger partial charge in [0, 0.05) is 37.4 Å². The monoisotopic (exact) mass is 419 g/mol. The molecule has 0 saturated carbocycles. The van der Waals surface area contributed by atoms with Gasteiger partial charge in [0.1, 0.15) is 5.69 Å². The minimum absolute atomic E-state index is 0.00451. The zero-order valence-corrected chi connectivity index (χ0v) is 16.5. The van der Waals surface area contributed by atoms with Crippen molar-refractivity contribution < 1.29 is 18.0 Å². The number of H-pyrrole nitrogens is 1. The Bertz CT molecular complexity index is 1180. The molecule has 0 bridgehead atoms. The van der Waals surface area contributed by atoms with Crippen LogP contribution in [0.3, 0.4) is 0 Å². The second-order valence-corrected chi connectivity index (χ2v) is 7.54. The van der Waals surface area contributed by atoms with Crippen LogP contribution >= 0.6 is 0 Å². The van der Waals surface area contributed by atoms with Crippen molar-refractivity contribution in [3.63, 3.8) is 0 Å². The van der Waals surface area contributed by atoms with Crippen molar-refractivity contribution in [2.24, 2.45) is 7.05 Å². The van der Waals surface area contributed by atoms with Gasteiger partial charge >= 0.3 is 6.18 Å². The van der Waals surface area contributed by atoms with E-state index in [1.165, 1.54) is 12.3 Å². The molecule has 1 atom stereocenters. The van der Waals surface area contributed by atoms with E-state index < -0.39 is 17.4 Å². The molecule has 3 aromatic rings. The lowest BCUT2D eigenvalue weighted by atomic mass is 9.93. The van der Waals surface area contributed by atoms with Gasteiger partial charge in [0.15, 0.2) is 0 Å². The molecular weight excluding hydrogens is 399 g/mol. The van der Waals surface area contributed by atoms with Crippen molar-refractivity contribution in [3.8, 4) is 0 Å². The fraction of sp³-hybridized carbons (Fsp3) is 0.400. The van der Waals surface area contributed by atoms with E-state index in [4.69, 9.17) is 0 Å². The second-order valence-electron chi connectivity index (χ2n) is 7.54. The number of hydrogen-bond donors (Lipinski definition) is 1. The number of carbonyl (C=O) groups excluding carboxylic acids is 1. The molecule has 0 radical (unpaired) electrons. The highest BCUT2D eigenvalue weighted by atomic mass is 19.4. The van der Waals surface area contributed by atoms with Gasteiger partial charge in [-0.15, -0.1) is 0 Å². The summed E-state index contributed by atoms with van der Waals surface area (Å²) in [5.41, 5.74) is 0.218. The highest BCUT2D eigenvalue weighted by Gasteiger charge is 2.33. The summed E-state index contributed by atoms with van der Waals surface area (Å²) in [6.07, 6.45) is -1.64. The van der Waals surface area contributed by atoms with E-state index in [1.807, 2.05) is 6.92 Å². The first-order valence-corrected chi connectivity index (χ1v) is 9.54. The second kappa shape index (κ2) is 7.26. The quantitative estimate of drug-likeness (QED) is 0.692. The van der Waals surface area contributed by atoms with Crippen molar-refractivity contribution in [2.75, 3.05) is 13.1 Å². The van der Waals surface area contributed by atoms with Gasteiger partial charge in [-0.2, -0.15) is 18.3 Å². The van der Waals surface area contributed by atoms with Crippen LogP contribution in [0.4, 0.5) is 13.2 Å². The number of nitrogens with one attached hydrogen (secondary N) is 1. The first-order chi connectivity index (χ1) is 14.1. The number of aromatic nitrogens is 4. The first kappa shape index (κ1) is 20.1. The average Bonchev–Trinajstić information content (AvgIpc) is 3.05. The van der Waals surface area contributed by atoms with Gasteiger partial charge in [-0.25, -0.2) is 4.98 Å². The molecule has 0 aliphatic carbocycles. The number of halogens is 3. The summed E-state index contributed by atoms with van der Waals surface area (Å²) in [5, 5.41) is 4.20. The van der Waals surface area contributed by atoms with Crippen molar-refractivity contribution >= 4 is 16.8 Å². The minimum Gasteiger partial charge on any atom is -0.338 e. The van der Waals surface area contributed by atoms with Gasteiger partial charge in [-0.3, -0.25) is 14.3 Å². The molecule has 4 rings (SSSR count). The molecule has 1 aliphatic heterocycles. The molecule has 158 valence electrons. The largest absolute Gasteiger partial charge is 0.433 e. The van der Waals surface area contributed by atoms with Crippen LogP contribution in [0.2, 0.25) is 0 Å². The summed E-state index contributed by atoms with van der Waals surface area (Å²) in [5.74, 6) is -0.348. The standard InChI is InChI=1S/C20H20F3N5O2/c1-11-14(9-24-27(11)2)19(30)28-7-3-4-12(10-28)15-8-16-13(18(29)26-15)5-6-17(25-16)20(21,22)23/h5-6,8-9,12H,3-4,7,10H2,1-2H3,(H,26,29). The van der Waals surface area contributed by atoms with E-state index in [0.717, 1.165) is 17.8 Å². The smallest absolute Gasteiger partial charge is 0.338 e. The third kappa shape index (κ3) is 3.57. The van der Waals surface area contributed by atoms with E-state index in [0.29, 0.717) is 37.2 Å². The SMILES string of the molecule is Cc1c(C(=O)N2CCCC(c3cc4nc(C(F)(F)F)ccc4c(=O)[nH]3)C2)cnn1C. The number of hydrogen-bond acceptors (Lipinski definition) is 4. The fourth-order valence-corrected chi connectivity index (χ4v) is 3.83. The third-order valence-corrected chi connectivity index (χ3v) is 5.62. The number of pyridine rings is 2. The predicted molar refractivity (Wildman–Crippen MR) is 103 cm³/mol. The Balaban J connectivity index is 1.65. The molecule has 0 spiro atoms. The topological polar surface area (TPSA) is 83.9 Å². The van der Waals surface area contributed by atoms with Gasteiger partial charge < -0.3 is 9.88 Å². The molecule has 0 aromatic carbocycles. The number of nitrogens with zero attached hydrogens (tertiary/aromatic N) is 4. The Hall–Kier alpha value is -3.17. The summed E-state index contributed by atoms with van der Waals surface area (Å²) in [6.45, 7) is 2.73. The van der Waals surface area contributed by atoms with Crippen LogP contribution in [-0.4, -0.2) is 43.6 Å². The lowest BCUT2D eigenvalue weighted by Crippen LogP contribution is -2.39. The normalized spacial score (nSPS) is 17.5. The molecule has 3 aromatic heterocycles. The summed E-state index contributed by atoms with van der Waals surface area (Å²) >= 11 is 0. The summed E-state index contributed by atoms with van der Waals surface area (Å²) in [7, 11) is 1.76. The van der Waals surface area contributed by atoms with Gasteiger partial charge in [0.05, 0.1) is 22.7 Å². The van der Waals surface area contributed by atoms with Crippen molar-refractivity contribution in [2.45, 2.75) is 31.9 Å². The lowest BCUT2D eigenvalue weighted by molar-refractivity contribution is -0.140. The molecule has 1 amide bonds.